The Balaban J connectivity index is 1.58. The molecule has 1 saturated heterocycles. The number of likely N-dealkylation sites (N-methyl/N-ethyl adjacent to an activating group) is 1. The van der Waals surface area contributed by atoms with Crippen molar-refractivity contribution >= 4 is 11.7 Å². The number of nitrogens with one attached hydrogen (secondary N) is 1. The molecule has 1 aliphatic rings. The molecule has 2 aromatic heterocycles. The molecule has 8 heteroatoms. The maximum atomic E-state index is 12.6. The number of carbonyl (C=O) groups is 1. The molecule has 1 fully saturated rings. The Morgan fingerprint density at radius 2 is 2.33 bits per heavy atom. The molecular weight excluding hydrogens is 308 g/mol. The van der Waals surface area contributed by atoms with E-state index in [1.165, 1.54) is 0 Å². The fraction of sp³-hybridized carbons (Fsp3) is 0.500. The van der Waals surface area contributed by atoms with Gasteiger partial charge in [0.25, 0.3) is 5.91 Å². The molecule has 3 heterocycles. The van der Waals surface area contributed by atoms with E-state index in [0.717, 1.165) is 18.8 Å². The zero-order valence-electron chi connectivity index (χ0n) is 14.2. The summed E-state index contributed by atoms with van der Waals surface area (Å²) in [5, 5.41) is 6.87. The highest BCUT2D eigenvalue weighted by Gasteiger charge is 2.30. The SMILES string of the molecule is CNc1ccc(C(=O)N2CCC(N(C)Cc3noc(C)n3)C2)cn1. The zero-order valence-corrected chi connectivity index (χ0v) is 14.2. The van der Waals surface area contributed by atoms with Crippen molar-refractivity contribution in [2.45, 2.75) is 25.9 Å². The number of amides is 1. The van der Waals surface area contributed by atoms with Crippen molar-refractivity contribution in [3.8, 4) is 0 Å². The quantitative estimate of drug-likeness (QED) is 0.880. The van der Waals surface area contributed by atoms with Crippen LogP contribution >= 0.6 is 0 Å². The molecule has 24 heavy (non-hydrogen) atoms. The van der Waals surface area contributed by atoms with E-state index in [2.05, 4.69) is 25.3 Å². The molecule has 3 rings (SSSR count). The summed E-state index contributed by atoms with van der Waals surface area (Å²) in [6.45, 7) is 3.83. The van der Waals surface area contributed by atoms with E-state index in [-0.39, 0.29) is 11.9 Å². The predicted molar refractivity (Wildman–Crippen MR) is 88.6 cm³/mol. The Bertz CT molecular complexity index is 699. The summed E-state index contributed by atoms with van der Waals surface area (Å²) in [5.41, 5.74) is 0.617. The lowest BCUT2D eigenvalue weighted by Gasteiger charge is -2.23. The summed E-state index contributed by atoms with van der Waals surface area (Å²) in [6.07, 6.45) is 2.55. The maximum Gasteiger partial charge on any atom is 0.255 e. The molecule has 1 unspecified atom stereocenters. The fourth-order valence-corrected chi connectivity index (χ4v) is 2.89. The fourth-order valence-electron chi connectivity index (χ4n) is 2.89. The Labute approximate surface area is 140 Å². The lowest BCUT2D eigenvalue weighted by Crippen LogP contribution is -2.36. The van der Waals surface area contributed by atoms with Crippen LogP contribution < -0.4 is 5.32 Å². The second-order valence-corrected chi connectivity index (χ2v) is 6.02. The third kappa shape index (κ3) is 3.53. The van der Waals surface area contributed by atoms with Gasteiger partial charge in [0.2, 0.25) is 5.89 Å². The second kappa shape index (κ2) is 6.96. The number of aryl methyl sites for hydroxylation is 1. The number of aromatic nitrogens is 3. The van der Waals surface area contributed by atoms with Gasteiger partial charge in [-0.25, -0.2) is 4.98 Å². The average molecular weight is 330 g/mol. The van der Waals surface area contributed by atoms with Gasteiger partial charge in [-0.15, -0.1) is 0 Å². The van der Waals surface area contributed by atoms with Crippen LogP contribution in [0.25, 0.3) is 0 Å². The summed E-state index contributed by atoms with van der Waals surface area (Å²) in [6, 6.07) is 3.91. The number of likely N-dealkylation sites (tertiary alicyclic amines) is 1. The third-order valence-corrected chi connectivity index (χ3v) is 4.30. The molecular formula is C16H22N6O2. The molecule has 1 aliphatic heterocycles. The number of rotatable bonds is 5. The lowest BCUT2D eigenvalue weighted by molar-refractivity contribution is 0.0779. The molecule has 0 saturated carbocycles. The highest BCUT2D eigenvalue weighted by atomic mass is 16.5. The van der Waals surface area contributed by atoms with E-state index in [0.29, 0.717) is 30.4 Å². The Hall–Kier alpha value is -2.48. The molecule has 0 radical (unpaired) electrons. The number of nitrogens with zero attached hydrogens (tertiary/aromatic N) is 5. The minimum absolute atomic E-state index is 0.0245. The van der Waals surface area contributed by atoms with Crippen LogP contribution in [0.1, 0.15) is 28.5 Å². The van der Waals surface area contributed by atoms with Crippen molar-refractivity contribution in [1.29, 1.82) is 0 Å². The van der Waals surface area contributed by atoms with Gasteiger partial charge in [-0.3, -0.25) is 9.69 Å². The van der Waals surface area contributed by atoms with Gasteiger partial charge in [0.15, 0.2) is 5.82 Å². The first-order valence-corrected chi connectivity index (χ1v) is 7.99. The Morgan fingerprint density at radius 3 is 2.96 bits per heavy atom. The van der Waals surface area contributed by atoms with Gasteiger partial charge in [-0.2, -0.15) is 4.98 Å². The van der Waals surface area contributed by atoms with Crippen LogP contribution in [0.4, 0.5) is 5.82 Å². The van der Waals surface area contributed by atoms with Crippen molar-refractivity contribution in [1.82, 2.24) is 24.9 Å². The largest absolute Gasteiger partial charge is 0.373 e. The van der Waals surface area contributed by atoms with Gasteiger partial charge < -0.3 is 14.7 Å². The van der Waals surface area contributed by atoms with Crippen LogP contribution in [0.5, 0.6) is 0 Å². The van der Waals surface area contributed by atoms with Gasteiger partial charge in [-0.1, -0.05) is 5.16 Å². The van der Waals surface area contributed by atoms with Crippen LogP contribution in [-0.4, -0.2) is 64.1 Å². The Kier molecular flexibility index (Phi) is 4.75. The third-order valence-electron chi connectivity index (χ3n) is 4.30. The predicted octanol–water partition coefficient (Wildman–Crippen LogP) is 1.16. The monoisotopic (exact) mass is 330 g/mol. The number of carbonyl (C=O) groups excluding carboxylic acids is 1. The first-order valence-electron chi connectivity index (χ1n) is 7.99. The van der Waals surface area contributed by atoms with Crippen molar-refractivity contribution in [2.75, 3.05) is 32.5 Å². The second-order valence-electron chi connectivity index (χ2n) is 6.02. The van der Waals surface area contributed by atoms with E-state index < -0.39 is 0 Å². The number of hydrogen-bond donors (Lipinski definition) is 1. The van der Waals surface area contributed by atoms with Crippen LogP contribution in [0, 0.1) is 6.92 Å². The molecule has 1 atom stereocenters. The average Bonchev–Trinajstić information content (AvgIpc) is 3.23. The molecule has 0 spiro atoms. The van der Waals surface area contributed by atoms with Gasteiger partial charge >= 0.3 is 0 Å². The van der Waals surface area contributed by atoms with Crippen LogP contribution in [0.3, 0.4) is 0 Å². The molecule has 1 N–H and O–H groups in total. The van der Waals surface area contributed by atoms with Gasteiger partial charge in [0.1, 0.15) is 5.82 Å². The van der Waals surface area contributed by atoms with Crippen LogP contribution in [-0.2, 0) is 6.54 Å². The minimum atomic E-state index is 0.0245. The zero-order chi connectivity index (χ0) is 17.1. The summed E-state index contributed by atoms with van der Waals surface area (Å²) in [4.78, 5) is 25.1. The topological polar surface area (TPSA) is 87.4 Å². The molecule has 0 aliphatic carbocycles. The summed E-state index contributed by atoms with van der Waals surface area (Å²) < 4.78 is 5.00. The van der Waals surface area contributed by atoms with Gasteiger partial charge in [-0.05, 0) is 25.6 Å². The highest BCUT2D eigenvalue weighted by molar-refractivity contribution is 5.94. The number of hydrogen-bond acceptors (Lipinski definition) is 7. The summed E-state index contributed by atoms with van der Waals surface area (Å²) in [7, 11) is 3.82. The lowest BCUT2D eigenvalue weighted by atomic mass is 10.2. The number of anilines is 1. The summed E-state index contributed by atoms with van der Waals surface area (Å²) >= 11 is 0. The number of pyridine rings is 1. The minimum Gasteiger partial charge on any atom is -0.373 e. The van der Waals surface area contributed by atoms with Crippen molar-refractivity contribution in [2.24, 2.45) is 0 Å². The molecule has 0 aromatic carbocycles. The van der Waals surface area contributed by atoms with E-state index in [1.807, 2.05) is 18.0 Å². The maximum absolute atomic E-state index is 12.6. The molecule has 8 nitrogen and oxygen atoms in total. The molecule has 2 aromatic rings. The molecule has 1 amide bonds. The van der Waals surface area contributed by atoms with E-state index >= 15 is 0 Å². The van der Waals surface area contributed by atoms with E-state index in [1.54, 1.807) is 26.2 Å². The van der Waals surface area contributed by atoms with Crippen molar-refractivity contribution in [3.05, 3.63) is 35.6 Å². The van der Waals surface area contributed by atoms with Gasteiger partial charge in [0.05, 0.1) is 12.1 Å². The van der Waals surface area contributed by atoms with Gasteiger partial charge in [0, 0.05) is 39.3 Å². The summed E-state index contributed by atoms with van der Waals surface area (Å²) in [5.74, 6) is 2.02. The first-order chi connectivity index (χ1) is 11.6. The van der Waals surface area contributed by atoms with E-state index in [4.69, 9.17) is 4.52 Å². The standard InChI is InChI=1S/C16H22N6O2/c1-11-19-15(20-24-11)10-21(3)13-6-7-22(9-13)16(23)12-4-5-14(17-2)18-8-12/h4-5,8,13H,6-7,9-10H2,1-3H3,(H,17,18). The van der Waals surface area contributed by atoms with Crippen LogP contribution in [0.15, 0.2) is 22.9 Å². The normalized spacial score (nSPS) is 17.5. The Morgan fingerprint density at radius 1 is 1.50 bits per heavy atom. The highest BCUT2D eigenvalue weighted by Crippen LogP contribution is 2.18. The first kappa shape index (κ1) is 16.4. The van der Waals surface area contributed by atoms with E-state index in [9.17, 15) is 4.79 Å². The van der Waals surface area contributed by atoms with Crippen molar-refractivity contribution in [3.63, 3.8) is 0 Å². The van der Waals surface area contributed by atoms with Crippen molar-refractivity contribution < 1.29 is 9.32 Å². The smallest absolute Gasteiger partial charge is 0.255 e. The van der Waals surface area contributed by atoms with Crippen LogP contribution in [0.2, 0.25) is 0 Å². The molecule has 0 bridgehead atoms. The molecule has 128 valence electrons.